The lowest BCUT2D eigenvalue weighted by atomic mass is 9.91. The van der Waals surface area contributed by atoms with Crippen molar-refractivity contribution >= 4 is 11.4 Å². The van der Waals surface area contributed by atoms with E-state index < -0.39 is 5.60 Å². The van der Waals surface area contributed by atoms with Crippen molar-refractivity contribution in [3.63, 3.8) is 0 Å². The van der Waals surface area contributed by atoms with Crippen molar-refractivity contribution in [2.24, 2.45) is 5.92 Å². The van der Waals surface area contributed by atoms with E-state index in [9.17, 15) is 5.11 Å². The van der Waals surface area contributed by atoms with Crippen LogP contribution in [0.2, 0.25) is 0 Å². The summed E-state index contributed by atoms with van der Waals surface area (Å²) in [6.07, 6.45) is 0. The van der Waals surface area contributed by atoms with Gasteiger partial charge < -0.3 is 15.3 Å². The van der Waals surface area contributed by atoms with E-state index in [-0.39, 0.29) is 5.92 Å². The molecule has 3 nitrogen and oxygen atoms in total. The highest BCUT2D eigenvalue weighted by Crippen LogP contribution is 2.33. The highest BCUT2D eigenvalue weighted by atomic mass is 16.3. The van der Waals surface area contributed by atoms with Crippen LogP contribution < -0.4 is 10.2 Å². The van der Waals surface area contributed by atoms with E-state index in [2.05, 4.69) is 49.2 Å². The molecule has 0 saturated carbocycles. The van der Waals surface area contributed by atoms with Crippen molar-refractivity contribution in [3.8, 4) is 0 Å². The Kier molecular flexibility index (Phi) is 3.53. The molecule has 1 aromatic rings. The summed E-state index contributed by atoms with van der Waals surface area (Å²) in [7, 11) is 0. The number of β-amino-alcohol motifs (C(OH)–C–C–N with tert-alkyl or cyclic N) is 1. The molecule has 0 amide bonds. The Morgan fingerprint density at radius 2 is 2.11 bits per heavy atom. The van der Waals surface area contributed by atoms with Gasteiger partial charge in [0.2, 0.25) is 0 Å². The zero-order valence-electron chi connectivity index (χ0n) is 11.8. The third kappa shape index (κ3) is 2.46. The first kappa shape index (κ1) is 13.2. The summed E-state index contributed by atoms with van der Waals surface area (Å²) >= 11 is 0. The molecule has 0 bridgehead atoms. The van der Waals surface area contributed by atoms with Crippen LogP contribution in [0.4, 0.5) is 11.4 Å². The third-order valence-electron chi connectivity index (χ3n) is 4.07. The van der Waals surface area contributed by atoms with Crippen molar-refractivity contribution in [3.05, 3.63) is 24.3 Å². The van der Waals surface area contributed by atoms with E-state index in [1.807, 2.05) is 13.0 Å². The number of fused-ring (bicyclic) bond motifs is 1. The topological polar surface area (TPSA) is 35.5 Å². The molecule has 2 rings (SSSR count). The van der Waals surface area contributed by atoms with Gasteiger partial charge in [-0.15, -0.1) is 0 Å². The van der Waals surface area contributed by atoms with E-state index in [0.717, 1.165) is 12.2 Å². The number of rotatable bonds is 3. The van der Waals surface area contributed by atoms with Gasteiger partial charge in [-0.2, -0.15) is 0 Å². The maximum Gasteiger partial charge on any atom is 0.0816 e. The summed E-state index contributed by atoms with van der Waals surface area (Å²) in [5, 5.41) is 14.0. The molecule has 0 radical (unpaired) electrons. The number of benzene rings is 1. The smallest absolute Gasteiger partial charge is 0.0816 e. The molecule has 1 heterocycles. The Morgan fingerprint density at radius 1 is 1.44 bits per heavy atom. The van der Waals surface area contributed by atoms with Gasteiger partial charge in [0.1, 0.15) is 0 Å². The summed E-state index contributed by atoms with van der Waals surface area (Å²) in [5.41, 5.74) is 1.69. The lowest BCUT2D eigenvalue weighted by Crippen LogP contribution is -2.51. The molecule has 3 heteroatoms. The maximum atomic E-state index is 10.5. The van der Waals surface area contributed by atoms with Gasteiger partial charge in [0.15, 0.2) is 0 Å². The van der Waals surface area contributed by atoms with Gasteiger partial charge in [-0.25, -0.2) is 0 Å². The standard InChI is InChI=1S/C15H24N2O/c1-11(2)15(4,18)10-17-12(3)9-16-13-7-5-6-8-14(13)17/h5-8,11-12,16,18H,9-10H2,1-4H3. The molecule has 2 atom stereocenters. The minimum atomic E-state index is -0.668. The van der Waals surface area contributed by atoms with Crippen LogP contribution in [-0.4, -0.2) is 29.8 Å². The Labute approximate surface area is 110 Å². The highest BCUT2D eigenvalue weighted by Gasteiger charge is 2.32. The Balaban J connectivity index is 2.27. The fourth-order valence-electron chi connectivity index (χ4n) is 2.25. The van der Waals surface area contributed by atoms with Crippen LogP contribution in [0, 0.1) is 5.92 Å². The van der Waals surface area contributed by atoms with Crippen LogP contribution >= 0.6 is 0 Å². The van der Waals surface area contributed by atoms with Crippen LogP contribution in [0.1, 0.15) is 27.7 Å². The molecular formula is C15H24N2O. The van der Waals surface area contributed by atoms with Gasteiger partial charge >= 0.3 is 0 Å². The number of para-hydroxylation sites is 2. The zero-order chi connectivity index (χ0) is 13.3. The lowest BCUT2D eigenvalue weighted by Gasteiger charge is -2.42. The van der Waals surface area contributed by atoms with Crippen molar-refractivity contribution in [2.45, 2.75) is 39.3 Å². The number of nitrogens with one attached hydrogen (secondary N) is 1. The Morgan fingerprint density at radius 3 is 2.78 bits per heavy atom. The zero-order valence-corrected chi connectivity index (χ0v) is 11.8. The molecule has 0 spiro atoms. The van der Waals surface area contributed by atoms with Gasteiger partial charge in [-0.05, 0) is 31.9 Å². The van der Waals surface area contributed by atoms with Crippen LogP contribution in [0.3, 0.4) is 0 Å². The second kappa shape index (κ2) is 4.81. The molecular weight excluding hydrogens is 224 g/mol. The quantitative estimate of drug-likeness (QED) is 0.863. The first-order valence-electron chi connectivity index (χ1n) is 6.74. The average Bonchev–Trinajstić information content (AvgIpc) is 2.32. The normalized spacial score (nSPS) is 22.3. The SMILES string of the molecule is CC1CNc2ccccc2N1CC(C)(O)C(C)C. The second-order valence-electron chi connectivity index (χ2n) is 5.89. The molecule has 1 aliphatic heterocycles. The average molecular weight is 248 g/mol. The summed E-state index contributed by atoms with van der Waals surface area (Å²) in [6, 6.07) is 8.70. The number of aliphatic hydroxyl groups is 1. The molecule has 100 valence electrons. The molecule has 0 aromatic heterocycles. The van der Waals surface area contributed by atoms with E-state index in [1.54, 1.807) is 0 Å². The fraction of sp³-hybridized carbons (Fsp3) is 0.600. The maximum absolute atomic E-state index is 10.5. The molecule has 0 saturated heterocycles. The predicted octanol–water partition coefficient (Wildman–Crippen LogP) is 2.71. The van der Waals surface area contributed by atoms with Gasteiger partial charge in [-0.1, -0.05) is 26.0 Å². The van der Waals surface area contributed by atoms with Crippen molar-refractivity contribution in [2.75, 3.05) is 23.3 Å². The number of hydrogen-bond donors (Lipinski definition) is 2. The van der Waals surface area contributed by atoms with Crippen LogP contribution in [0.15, 0.2) is 24.3 Å². The molecule has 0 aliphatic carbocycles. The lowest BCUT2D eigenvalue weighted by molar-refractivity contribution is 0.0193. The van der Waals surface area contributed by atoms with Crippen molar-refractivity contribution < 1.29 is 5.11 Å². The van der Waals surface area contributed by atoms with Crippen LogP contribution in [-0.2, 0) is 0 Å². The minimum absolute atomic E-state index is 0.242. The van der Waals surface area contributed by atoms with Crippen molar-refractivity contribution in [1.29, 1.82) is 0 Å². The summed E-state index contributed by atoms with van der Waals surface area (Å²) < 4.78 is 0. The van der Waals surface area contributed by atoms with E-state index in [4.69, 9.17) is 0 Å². The van der Waals surface area contributed by atoms with E-state index in [0.29, 0.717) is 12.6 Å². The molecule has 18 heavy (non-hydrogen) atoms. The van der Waals surface area contributed by atoms with Crippen LogP contribution in [0.25, 0.3) is 0 Å². The Bertz CT molecular complexity index is 415. The van der Waals surface area contributed by atoms with Crippen LogP contribution in [0.5, 0.6) is 0 Å². The number of nitrogens with zero attached hydrogens (tertiary/aromatic N) is 1. The second-order valence-corrected chi connectivity index (χ2v) is 5.89. The monoisotopic (exact) mass is 248 g/mol. The van der Waals surface area contributed by atoms with E-state index >= 15 is 0 Å². The molecule has 2 unspecified atom stereocenters. The minimum Gasteiger partial charge on any atom is -0.388 e. The highest BCUT2D eigenvalue weighted by molar-refractivity contribution is 5.72. The molecule has 1 aliphatic rings. The van der Waals surface area contributed by atoms with Gasteiger partial charge in [-0.3, -0.25) is 0 Å². The fourth-order valence-corrected chi connectivity index (χ4v) is 2.25. The summed E-state index contributed by atoms with van der Waals surface area (Å²) in [5.74, 6) is 0.242. The number of anilines is 2. The molecule has 2 N–H and O–H groups in total. The Hall–Kier alpha value is -1.22. The molecule has 1 aromatic carbocycles. The van der Waals surface area contributed by atoms with Crippen molar-refractivity contribution in [1.82, 2.24) is 0 Å². The van der Waals surface area contributed by atoms with E-state index in [1.165, 1.54) is 5.69 Å². The van der Waals surface area contributed by atoms with Gasteiger partial charge in [0, 0.05) is 19.1 Å². The van der Waals surface area contributed by atoms with Gasteiger partial charge in [0.25, 0.3) is 0 Å². The third-order valence-corrected chi connectivity index (χ3v) is 4.07. The summed E-state index contributed by atoms with van der Waals surface area (Å²) in [4.78, 5) is 2.31. The largest absolute Gasteiger partial charge is 0.388 e. The first-order valence-corrected chi connectivity index (χ1v) is 6.74. The molecule has 0 fully saturated rings. The summed E-state index contributed by atoms with van der Waals surface area (Å²) in [6.45, 7) is 9.85. The van der Waals surface area contributed by atoms with Gasteiger partial charge in [0.05, 0.1) is 17.0 Å². The first-order chi connectivity index (χ1) is 8.42. The predicted molar refractivity (Wildman–Crippen MR) is 77.2 cm³/mol. The number of hydrogen-bond acceptors (Lipinski definition) is 3.